The summed E-state index contributed by atoms with van der Waals surface area (Å²) >= 11 is 6.34. The Morgan fingerprint density at radius 1 is 1.21 bits per heavy atom. The molecule has 0 aliphatic rings. The van der Waals surface area contributed by atoms with Crippen LogP contribution in [0.3, 0.4) is 0 Å². The highest BCUT2D eigenvalue weighted by Crippen LogP contribution is 2.22. The van der Waals surface area contributed by atoms with Gasteiger partial charge in [0.1, 0.15) is 5.75 Å². The number of hydrogen-bond acceptors (Lipinski definition) is 5. The summed E-state index contributed by atoms with van der Waals surface area (Å²) in [5, 5.41) is 11.5. The summed E-state index contributed by atoms with van der Waals surface area (Å²) in [6.45, 7) is 2.82. The molecule has 0 amide bonds. The van der Waals surface area contributed by atoms with E-state index in [2.05, 4.69) is 16.9 Å². The smallest absolute Gasteiger partial charge is 0.259 e. The number of aromatic carboxylic acids is 1. The first-order valence-corrected chi connectivity index (χ1v) is 9.71. The summed E-state index contributed by atoms with van der Waals surface area (Å²) in [6.07, 6.45) is 4.96. The van der Waals surface area contributed by atoms with E-state index >= 15 is 0 Å². The first kappa shape index (κ1) is 20.6. The summed E-state index contributed by atoms with van der Waals surface area (Å²) in [7, 11) is 0. The van der Waals surface area contributed by atoms with E-state index in [0.29, 0.717) is 6.61 Å². The molecule has 150 valence electrons. The van der Waals surface area contributed by atoms with Crippen LogP contribution >= 0.6 is 11.6 Å². The Morgan fingerprint density at radius 3 is 2.66 bits per heavy atom. The number of nitrogens with one attached hydrogen (secondary N) is 1. The van der Waals surface area contributed by atoms with E-state index in [1.54, 1.807) is 6.08 Å². The zero-order valence-corrected chi connectivity index (χ0v) is 16.7. The van der Waals surface area contributed by atoms with E-state index in [1.165, 1.54) is 18.2 Å². The van der Waals surface area contributed by atoms with Crippen molar-refractivity contribution in [1.82, 2.24) is 9.97 Å². The number of hydrogen-bond donors (Lipinski definition) is 1. The SMILES string of the molecule is CCCCCOc1ccc(/C=C(\Cl)c2nc3cc(C(=O)[O-])ccc3c(=O)[nH]2)cc1. The van der Waals surface area contributed by atoms with Gasteiger partial charge in [0.05, 0.1) is 28.5 Å². The van der Waals surface area contributed by atoms with Gasteiger partial charge in [-0.25, -0.2) is 4.98 Å². The minimum absolute atomic E-state index is 0.0591. The summed E-state index contributed by atoms with van der Waals surface area (Å²) in [5.41, 5.74) is 0.573. The standard InChI is InChI=1S/C22H21ClN2O4/c1-2-3-4-11-29-16-8-5-14(6-9-16)12-18(23)20-24-19-13-15(22(27)28)7-10-17(19)21(26)25-20/h5-10,12-13H,2-4,11H2,1H3,(H,27,28)(H,24,25,26)/p-1/b18-12-. The first-order chi connectivity index (χ1) is 14.0. The van der Waals surface area contributed by atoms with Crippen molar-refractivity contribution in [3.8, 4) is 5.75 Å². The van der Waals surface area contributed by atoms with Crippen molar-refractivity contribution in [3.05, 3.63) is 69.8 Å². The number of fused-ring (bicyclic) bond motifs is 1. The number of carbonyl (C=O) groups is 1. The van der Waals surface area contributed by atoms with Gasteiger partial charge in [-0.15, -0.1) is 0 Å². The van der Waals surface area contributed by atoms with Gasteiger partial charge >= 0.3 is 0 Å². The van der Waals surface area contributed by atoms with Gasteiger partial charge < -0.3 is 19.6 Å². The average Bonchev–Trinajstić information content (AvgIpc) is 2.71. The lowest BCUT2D eigenvalue weighted by Crippen LogP contribution is -2.22. The molecule has 0 spiro atoms. The second-order valence-corrected chi connectivity index (χ2v) is 6.96. The number of rotatable bonds is 8. The summed E-state index contributed by atoms with van der Waals surface area (Å²) in [4.78, 5) is 30.2. The van der Waals surface area contributed by atoms with E-state index in [0.717, 1.165) is 30.6 Å². The molecule has 0 fully saturated rings. The monoisotopic (exact) mass is 411 g/mol. The number of unbranched alkanes of at least 4 members (excludes halogenated alkanes) is 2. The molecule has 7 heteroatoms. The molecule has 0 bridgehead atoms. The molecule has 0 aliphatic heterocycles. The van der Waals surface area contributed by atoms with Crippen LogP contribution in [0.1, 0.15) is 47.9 Å². The topological polar surface area (TPSA) is 95.1 Å². The van der Waals surface area contributed by atoms with E-state index in [9.17, 15) is 14.7 Å². The summed E-state index contributed by atoms with van der Waals surface area (Å²) < 4.78 is 5.68. The minimum atomic E-state index is -1.34. The molecule has 1 heterocycles. The maximum absolute atomic E-state index is 12.3. The van der Waals surface area contributed by atoms with Crippen LogP contribution in [-0.2, 0) is 0 Å². The van der Waals surface area contributed by atoms with Gasteiger partial charge in [-0.2, -0.15) is 0 Å². The molecule has 0 atom stereocenters. The van der Waals surface area contributed by atoms with Crippen molar-refractivity contribution in [1.29, 1.82) is 0 Å². The Hall–Kier alpha value is -3.12. The molecule has 0 unspecified atom stereocenters. The molecule has 3 rings (SSSR count). The fourth-order valence-corrected chi connectivity index (χ4v) is 3.01. The Bertz CT molecular complexity index is 1100. The number of halogens is 1. The van der Waals surface area contributed by atoms with Gasteiger partial charge in [0.25, 0.3) is 5.56 Å². The van der Waals surface area contributed by atoms with Gasteiger partial charge in [-0.05, 0) is 47.9 Å². The number of nitrogens with zero attached hydrogens (tertiary/aromatic N) is 1. The molecule has 0 radical (unpaired) electrons. The number of H-pyrrole nitrogens is 1. The normalized spacial score (nSPS) is 11.6. The highest BCUT2D eigenvalue weighted by Gasteiger charge is 2.08. The molecule has 0 saturated carbocycles. The fourth-order valence-electron chi connectivity index (χ4n) is 2.80. The van der Waals surface area contributed by atoms with E-state index in [-0.39, 0.29) is 27.3 Å². The molecule has 3 aromatic rings. The highest BCUT2D eigenvalue weighted by atomic mass is 35.5. The van der Waals surface area contributed by atoms with Gasteiger partial charge in [0.2, 0.25) is 0 Å². The number of ether oxygens (including phenoxy) is 1. The van der Waals surface area contributed by atoms with Crippen LogP contribution in [0, 0.1) is 0 Å². The maximum atomic E-state index is 12.3. The quantitative estimate of drug-likeness (QED) is 0.571. The summed E-state index contributed by atoms with van der Waals surface area (Å²) in [6, 6.07) is 11.4. The third kappa shape index (κ3) is 5.23. The van der Waals surface area contributed by atoms with Crippen LogP contribution in [-0.4, -0.2) is 22.5 Å². The third-order valence-corrected chi connectivity index (χ3v) is 4.65. The Kier molecular flexibility index (Phi) is 6.67. The van der Waals surface area contributed by atoms with Crippen molar-refractivity contribution >= 4 is 39.6 Å². The average molecular weight is 412 g/mol. The number of carboxylic acid groups (broad SMARTS) is 1. The second-order valence-electron chi connectivity index (χ2n) is 6.55. The molecule has 0 saturated heterocycles. The zero-order chi connectivity index (χ0) is 20.8. The Labute approximate surface area is 172 Å². The van der Waals surface area contributed by atoms with Crippen molar-refractivity contribution in [3.63, 3.8) is 0 Å². The van der Waals surface area contributed by atoms with Crippen LogP contribution in [0.4, 0.5) is 0 Å². The van der Waals surface area contributed by atoms with Crippen molar-refractivity contribution in [2.45, 2.75) is 26.2 Å². The van der Waals surface area contributed by atoms with Crippen LogP contribution < -0.4 is 15.4 Å². The van der Waals surface area contributed by atoms with Crippen molar-refractivity contribution < 1.29 is 14.6 Å². The van der Waals surface area contributed by atoms with Crippen LogP contribution in [0.2, 0.25) is 0 Å². The van der Waals surface area contributed by atoms with E-state index in [1.807, 2.05) is 24.3 Å². The largest absolute Gasteiger partial charge is 0.545 e. The van der Waals surface area contributed by atoms with Crippen LogP contribution in [0.5, 0.6) is 5.75 Å². The molecular formula is C22H20ClN2O4-. The lowest BCUT2D eigenvalue weighted by atomic mass is 10.1. The number of carboxylic acids is 1. The van der Waals surface area contributed by atoms with Gasteiger partial charge in [-0.1, -0.05) is 49.6 Å². The lowest BCUT2D eigenvalue weighted by Gasteiger charge is -2.07. The second kappa shape index (κ2) is 9.39. The number of aromatic nitrogens is 2. The Balaban J connectivity index is 1.82. The van der Waals surface area contributed by atoms with Crippen LogP contribution in [0.25, 0.3) is 22.0 Å². The molecule has 0 aliphatic carbocycles. The molecule has 1 N–H and O–H groups in total. The Morgan fingerprint density at radius 2 is 1.97 bits per heavy atom. The maximum Gasteiger partial charge on any atom is 0.259 e. The van der Waals surface area contributed by atoms with E-state index in [4.69, 9.17) is 16.3 Å². The van der Waals surface area contributed by atoms with Crippen molar-refractivity contribution in [2.75, 3.05) is 6.61 Å². The lowest BCUT2D eigenvalue weighted by molar-refractivity contribution is -0.255. The number of carbonyl (C=O) groups excluding carboxylic acids is 1. The number of aromatic amines is 1. The molecule has 1 aromatic heterocycles. The highest BCUT2D eigenvalue weighted by molar-refractivity contribution is 6.50. The van der Waals surface area contributed by atoms with Gasteiger partial charge in [-0.3, -0.25) is 4.79 Å². The third-order valence-electron chi connectivity index (χ3n) is 4.36. The van der Waals surface area contributed by atoms with Gasteiger partial charge in [0, 0.05) is 0 Å². The predicted molar refractivity (Wildman–Crippen MR) is 112 cm³/mol. The molecular weight excluding hydrogens is 392 g/mol. The minimum Gasteiger partial charge on any atom is -0.545 e. The molecule has 6 nitrogen and oxygen atoms in total. The fraction of sp³-hybridized carbons (Fsp3) is 0.227. The predicted octanol–water partition coefficient (Wildman–Crippen LogP) is 3.59. The summed E-state index contributed by atoms with van der Waals surface area (Å²) in [5.74, 6) is -0.407. The van der Waals surface area contributed by atoms with E-state index < -0.39 is 11.5 Å². The molecule has 29 heavy (non-hydrogen) atoms. The van der Waals surface area contributed by atoms with Crippen LogP contribution in [0.15, 0.2) is 47.3 Å². The van der Waals surface area contributed by atoms with Crippen molar-refractivity contribution in [2.24, 2.45) is 0 Å². The zero-order valence-electron chi connectivity index (χ0n) is 15.9. The van der Waals surface area contributed by atoms with Gasteiger partial charge in [0.15, 0.2) is 5.82 Å². The first-order valence-electron chi connectivity index (χ1n) is 9.34. The molecule has 2 aromatic carbocycles. The number of benzene rings is 2.